The van der Waals surface area contributed by atoms with Crippen LogP contribution in [-0.4, -0.2) is 43.0 Å². The molecular formula is C31H37N3O7. The highest BCUT2D eigenvalue weighted by molar-refractivity contribution is 5.94. The molecule has 0 saturated heterocycles. The van der Waals surface area contributed by atoms with Gasteiger partial charge in [-0.3, -0.25) is 14.4 Å². The summed E-state index contributed by atoms with van der Waals surface area (Å²) in [5, 5.41) is 15.6. The number of carbonyl (C=O) groups excluding carboxylic acids is 2. The van der Waals surface area contributed by atoms with Crippen molar-refractivity contribution in [3.05, 3.63) is 82.4 Å². The fourth-order valence-corrected chi connectivity index (χ4v) is 4.97. The van der Waals surface area contributed by atoms with Gasteiger partial charge in [-0.2, -0.15) is 0 Å². The van der Waals surface area contributed by atoms with E-state index in [4.69, 9.17) is 19.6 Å². The van der Waals surface area contributed by atoms with Crippen molar-refractivity contribution < 1.29 is 28.6 Å². The number of benzene rings is 2. The Hall–Kier alpha value is -4.15. The van der Waals surface area contributed by atoms with Gasteiger partial charge in [-0.15, -0.1) is 0 Å². The number of fused-ring (bicyclic) bond motifs is 1. The summed E-state index contributed by atoms with van der Waals surface area (Å²) in [4.78, 5) is 38.8. The summed E-state index contributed by atoms with van der Waals surface area (Å²) < 4.78 is 17.6. The summed E-state index contributed by atoms with van der Waals surface area (Å²) in [5.41, 5.74) is 7.63. The van der Waals surface area contributed by atoms with E-state index in [0.29, 0.717) is 66.7 Å². The molecule has 0 radical (unpaired) electrons. The van der Waals surface area contributed by atoms with Crippen LogP contribution in [0.25, 0.3) is 11.0 Å². The van der Waals surface area contributed by atoms with Crippen molar-refractivity contribution in [2.75, 3.05) is 30.8 Å². The molecular weight excluding hydrogens is 526 g/mol. The molecule has 1 aliphatic rings. The number of unbranched alkanes of at least 4 members (excludes halogenated alkanes) is 1. The van der Waals surface area contributed by atoms with Crippen LogP contribution in [0, 0.1) is 5.92 Å². The van der Waals surface area contributed by atoms with E-state index in [1.165, 1.54) is 6.26 Å². The van der Waals surface area contributed by atoms with Gasteiger partial charge in [0, 0.05) is 43.6 Å². The predicted octanol–water partition coefficient (Wildman–Crippen LogP) is 4.05. The van der Waals surface area contributed by atoms with Crippen LogP contribution in [0.15, 0.2) is 75.8 Å². The highest BCUT2D eigenvalue weighted by atomic mass is 16.7. The lowest BCUT2D eigenvalue weighted by atomic mass is 9.81. The average Bonchev–Trinajstić information content (AvgIpc) is 2.97. The van der Waals surface area contributed by atoms with Crippen molar-refractivity contribution >= 4 is 34.2 Å². The van der Waals surface area contributed by atoms with E-state index in [1.807, 2.05) is 6.92 Å². The molecule has 0 bridgehead atoms. The molecule has 0 spiro atoms. The van der Waals surface area contributed by atoms with E-state index in [0.717, 1.165) is 0 Å². The molecule has 5 N–H and O–H groups in total. The maximum Gasteiger partial charge on any atom is 0.286 e. The van der Waals surface area contributed by atoms with Crippen LogP contribution in [0.1, 0.15) is 50.5 Å². The van der Waals surface area contributed by atoms with Crippen molar-refractivity contribution in [3.8, 4) is 0 Å². The average molecular weight is 564 g/mol. The number of hydrogen-bond donors (Lipinski definition) is 4. The topological polar surface area (TPSA) is 153 Å². The van der Waals surface area contributed by atoms with Crippen LogP contribution in [0.2, 0.25) is 0 Å². The van der Waals surface area contributed by atoms with E-state index in [-0.39, 0.29) is 36.0 Å². The Morgan fingerprint density at radius 2 is 1.85 bits per heavy atom. The molecule has 2 aromatic carbocycles. The molecule has 1 aliphatic heterocycles. The highest BCUT2D eigenvalue weighted by Crippen LogP contribution is 2.38. The van der Waals surface area contributed by atoms with Crippen LogP contribution in [-0.2, 0) is 19.1 Å². The highest BCUT2D eigenvalue weighted by Gasteiger charge is 2.39. The zero-order chi connectivity index (χ0) is 29.2. The van der Waals surface area contributed by atoms with Crippen LogP contribution in [0.4, 0.5) is 11.4 Å². The molecule has 10 heteroatoms. The number of ether oxygens (including phenoxy) is 2. The first-order valence-electron chi connectivity index (χ1n) is 14.0. The van der Waals surface area contributed by atoms with Crippen LogP contribution < -0.4 is 21.8 Å². The van der Waals surface area contributed by atoms with Crippen molar-refractivity contribution in [1.29, 1.82) is 0 Å². The van der Waals surface area contributed by atoms with E-state index < -0.39 is 18.1 Å². The number of aliphatic hydroxyl groups excluding tert-OH is 1. The van der Waals surface area contributed by atoms with Gasteiger partial charge in [0.15, 0.2) is 11.2 Å². The van der Waals surface area contributed by atoms with Gasteiger partial charge in [0.05, 0.1) is 23.0 Å². The van der Waals surface area contributed by atoms with Gasteiger partial charge in [0.1, 0.15) is 5.58 Å². The molecule has 0 aliphatic carbocycles. The Kier molecular flexibility index (Phi) is 10.5. The summed E-state index contributed by atoms with van der Waals surface area (Å²) >= 11 is 0. The lowest BCUT2D eigenvalue weighted by molar-refractivity contribution is -0.166. The number of nitrogens with one attached hydrogen (secondary N) is 2. The Labute approximate surface area is 238 Å². The van der Waals surface area contributed by atoms with Gasteiger partial charge in [0.25, 0.3) is 5.91 Å². The van der Waals surface area contributed by atoms with Crippen molar-refractivity contribution in [2.45, 2.75) is 51.2 Å². The minimum absolute atomic E-state index is 0.0256. The summed E-state index contributed by atoms with van der Waals surface area (Å²) in [5.74, 6) is -1.38. The number of hydrogen-bond acceptors (Lipinski definition) is 8. The van der Waals surface area contributed by atoms with Crippen molar-refractivity contribution in [2.24, 2.45) is 5.92 Å². The van der Waals surface area contributed by atoms with E-state index in [9.17, 15) is 19.5 Å². The van der Waals surface area contributed by atoms with Gasteiger partial charge in [-0.1, -0.05) is 24.3 Å². The number of aliphatic hydroxyl groups is 1. The molecule has 2 amide bonds. The second kappa shape index (κ2) is 14.5. The molecule has 3 aromatic rings. The zero-order valence-electron chi connectivity index (χ0n) is 23.1. The summed E-state index contributed by atoms with van der Waals surface area (Å²) in [6.45, 7) is 2.47. The van der Waals surface area contributed by atoms with E-state index in [2.05, 4.69) is 10.6 Å². The lowest BCUT2D eigenvalue weighted by Gasteiger charge is -2.36. The van der Waals surface area contributed by atoms with Gasteiger partial charge >= 0.3 is 0 Å². The summed E-state index contributed by atoms with van der Waals surface area (Å²) in [6.07, 6.45) is 4.70. The minimum atomic E-state index is -0.790. The monoisotopic (exact) mass is 563 g/mol. The smallest absolute Gasteiger partial charge is 0.286 e. The lowest BCUT2D eigenvalue weighted by Crippen LogP contribution is -2.40. The van der Waals surface area contributed by atoms with Gasteiger partial charge < -0.3 is 35.4 Å². The molecule has 0 unspecified atom stereocenters. The molecule has 10 nitrogen and oxygen atoms in total. The molecule has 4 rings (SSSR count). The molecule has 2 heterocycles. The fourth-order valence-electron chi connectivity index (χ4n) is 4.97. The van der Waals surface area contributed by atoms with Crippen LogP contribution >= 0.6 is 0 Å². The standard InChI is InChI=1S/C31H37N3O7/c1-2-39-31-20(11-9-17-35)22(23-19-40-26-14-6-3-10-21(26)29(23)37)18-27(41-31)30(38)33-16-8-7-15-28(36)34-25-13-5-4-12-24(25)32/h3-6,10,12-14,18-20,22,31,35H,2,7-9,11,15-17,32H2,1H3,(H,33,38)(H,34,36)/t20-,22+,31-/m0/s1. The number of amides is 2. The maximum atomic E-state index is 13.5. The molecule has 218 valence electrons. The number of para-hydroxylation sites is 3. The second-order valence-electron chi connectivity index (χ2n) is 9.89. The number of allylic oxidation sites excluding steroid dienone is 1. The Morgan fingerprint density at radius 1 is 1.07 bits per heavy atom. The van der Waals surface area contributed by atoms with Gasteiger partial charge in [-0.05, 0) is 62.9 Å². The first-order valence-corrected chi connectivity index (χ1v) is 14.0. The molecule has 41 heavy (non-hydrogen) atoms. The van der Waals surface area contributed by atoms with Crippen LogP contribution in [0.5, 0.6) is 0 Å². The molecule has 0 fully saturated rings. The molecule has 0 saturated carbocycles. The Bertz CT molecular complexity index is 1430. The van der Waals surface area contributed by atoms with E-state index in [1.54, 1.807) is 54.6 Å². The fraction of sp³-hybridized carbons (Fsp3) is 0.387. The zero-order valence-corrected chi connectivity index (χ0v) is 23.1. The number of nitrogens with two attached hydrogens (primary N) is 1. The second-order valence-corrected chi connectivity index (χ2v) is 9.89. The van der Waals surface area contributed by atoms with Gasteiger partial charge in [0.2, 0.25) is 12.2 Å². The first kappa shape index (κ1) is 29.8. The summed E-state index contributed by atoms with van der Waals surface area (Å²) in [7, 11) is 0. The largest absolute Gasteiger partial charge is 0.464 e. The van der Waals surface area contributed by atoms with Gasteiger partial charge in [-0.25, -0.2) is 0 Å². The Morgan fingerprint density at radius 3 is 2.63 bits per heavy atom. The molecule has 3 atom stereocenters. The first-order chi connectivity index (χ1) is 19.9. The van der Waals surface area contributed by atoms with Crippen molar-refractivity contribution in [3.63, 3.8) is 0 Å². The van der Waals surface area contributed by atoms with E-state index >= 15 is 0 Å². The van der Waals surface area contributed by atoms with Crippen LogP contribution in [0.3, 0.4) is 0 Å². The Balaban J connectivity index is 1.44. The normalized spacial score (nSPS) is 18.4. The number of rotatable bonds is 13. The molecule has 1 aromatic heterocycles. The summed E-state index contributed by atoms with van der Waals surface area (Å²) in [6, 6.07) is 14.1. The maximum absolute atomic E-state index is 13.5. The van der Waals surface area contributed by atoms with Crippen molar-refractivity contribution in [1.82, 2.24) is 5.32 Å². The third kappa shape index (κ3) is 7.53. The number of nitrogen functional groups attached to an aromatic ring is 1. The SMILES string of the molecule is CCO[C@H]1OC(C(=O)NCCCCC(=O)Nc2ccccc2N)=C[C@@H](c2coc3ccccc3c2=O)[C@@H]1CCCO. The predicted molar refractivity (Wildman–Crippen MR) is 156 cm³/mol. The number of carbonyl (C=O) groups is 2. The minimum Gasteiger partial charge on any atom is -0.464 e. The third-order valence-electron chi connectivity index (χ3n) is 7.05. The third-order valence-corrected chi connectivity index (χ3v) is 7.05. The number of anilines is 2. The quantitative estimate of drug-likeness (QED) is 0.179.